The predicted octanol–water partition coefficient (Wildman–Crippen LogP) is 5.99. The van der Waals surface area contributed by atoms with Crippen LogP contribution in [0.15, 0.2) is 29.1 Å². The van der Waals surface area contributed by atoms with Gasteiger partial charge < -0.3 is 15.0 Å². The van der Waals surface area contributed by atoms with Crippen molar-refractivity contribution in [2.45, 2.75) is 89.8 Å². The molecule has 200 valence electrons. The zero-order chi connectivity index (χ0) is 26.6. The number of carbonyl (C=O) groups excluding carboxylic acids is 1. The zero-order valence-corrected chi connectivity index (χ0v) is 20.8. The second-order valence-corrected chi connectivity index (χ2v) is 10.3. The van der Waals surface area contributed by atoms with E-state index in [0.29, 0.717) is 12.5 Å². The van der Waals surface area contributed by atoms with E-state index >= 15 is 0 Å². The monoisotopic (exact) mass is 518 g/mol. The average molecular weight is 519 g/mol. The van der Waals surface area contributed by atoms with Gasteiger partial charge in [0.2, 0.25) is 0 Å². The van der Waals surface area contributed by atoms with E-state index in [1.54, 1.807) is 10.6 Å². The number of amides is 1. The Morgan fingerprint density at radius 1 is 0.973 bits per heavy atom. The molecule has 1 amide bonds. The number of halogens is 3. The van der Waals surface area contributed by atoms with Gasteiger partial charge in [0.25, 0.3) is 11.5 Å². The van der Waals surface area contributed by atoms with E-state index in [-0.39, 0.29) is 11.1 Å². The highest BCUT2D eigenvalue weighted by Crippen LogP contribution is 2.36. The highest BCUT2D eigenvalue weighted by Gasteiger charge is 2.35. The summed E-state index contributed by atoms with van der Waals surface area (Å²) in [6.07, 6.45) is 5.55. The summed E-state index contributed by atoms with van der Waals surface area (Å²) in [7, 11) is 0. The molecular formula is C28H33F3N2O4. The normalized spacial score (nSPS) is 16.9. The van der Waals surface area contributed by atoms with Crippen molar-refractivity contribution in [1.82, 2.24) is 4.57 Å². The maximum Gasteiger partial charge on any atom is 0.418 e. The molecule has 1 heterocycles. The molecule has 9 heteroatoms. The summed E-state index contributed by atoms with van der Waals surface area (Å²) < 4.78 is 43.0. The Kier molecular flexibility index (Phi) is 8.39. The number of anilines is 1. The molecule has 0 bridgehead atoms. The number of pyridine rings is 1. The molecule has 0 saturated heterocycles. The van der Waals surface area contributed by atoms with Crippen LogP contribution in [0, 0.1) is 5.92 Å². The topological polar surface area (TPSA) is 88.4 Å². The van der Waals surface area contributed by atoms with E-state index in [0.717, 1.165) is 87.6 Å². The smallest absolute Gasteiger partial charge is 0.418 e. The molecule has 0 atom stereocenters. The van der Waals surface area contributed by atoms with Crippen LogP contribution in [0.4, 0.5) is 18.9 Å². The summed E-state index contributed by atoms with van der Waals surface area (Å²) in [6.45, 7) is 0.528. The molecule has 2 aromatic rings. The van der Waals surface area contributed by atoms with Crippen molar-refractivity contribution in [1.29, 1.82) is 0 Å². The van der Waals surface area contributed by atoms with E-state index < -0.39 is 41.3 Å². The highest BCUT2D eigenvalue weighted by atomic mass is 19.4. The molecule has 1 saturated carbocycles. The Labute approximate surface area is 213 Å². The molecule has 0 unspecified atom stereocenters. The fraction of sp³-hybridized carbons (Fsp3) is 0.536. The van der Waals surface area contributed by atoms with Crippen LogP contribution in [-0.4, -0.2) is 21.6 Å². The molecule has 1 fully saturated rings. The second-order valence-electron chi connectivity index (χ2n) is 10.3. The van der Waals surface area contributed by atoms with E-state index in [2.05, 4.69) is 5.32 Å². The summed E-state index contributed by atoms with van der Waals surface area (Å²) in [4.78, 5) is 37.9. The minimum absolute atomic E-state index is 0.0336. The van der Waals surface area contributed by atoms with E-state index in [1.165, 1.54) is 12.5 Å². The zero-order valence-electron chi connectivity index (χ0n) is 20.8. The van der Waals surface area contributed by atoms with Gasteiger partial charge in [-0.15, -0.1) is 0 Å². The van der Waals surface area contributed by atoms with Crippen LogP contribution >= 0.6 is 0 Å². The van der Waals surface area contributed by atoms with Crippen LogP contribution in [0.5, 0.6) is 0 Å². The molecule has 0 radical (unpaired) electrons. The third-order valence-electron chi connectivity index (χ3n) is 7.50. The number of carboxylic acid groups (broad SMARTS) is 1. The first-order chi connectivity index (χ1) is 17.6. The molecule has 0 aliphatic heterocycles. The fourth-order valence-electron chi connectivity index (χ4n) is 5.63. The van der Waals surface area contributed by atoms with Crippen LogP contribution < -0.4 is 10.9 Å². The number of nitrogens with one attached hydrogen (secondary N) is 1. The quantitative estimate of drug-likeness (QED) is 0.492. The maximum absolute atomic E-state index is 13.8. The van der Waals surface area contributed by atoms with Gasteiger partial charge in [-0.25, -0.2) is 0 Å². The molecule has 2 N–H and O–H groups in total. The van der Waals surface area contributed by atoms with Crippen LogP contribution in [0.1, 0.15) is 90.5 Å². The third kappa shape index (κ3) is 6.62. The van der Waals surface area contributed by atoms with Gasteiger partial charge in [0.05, 0.1) is 17.7 Å². The first-order valence-electron chi connectivity index (χ1n) is 13.1. The number of alkyl halides is 3. The minimum Gasteiger partial charge on any atom is -0.481 e. The number of benzene rings is 1. The van der Waals surface area contributed by atoms with Gasteiger partial charge in [0, 0.05) is 12.2 Å². The van der Waals surface area contributed by atoms with Gasteiger partial charge in [-0.1, -0.05) is 38.2 Å². The van der Waals surface area contributed by atoms with Gasteiger partial charge >= 0.3 is 12.1 Å². The average Bonchev–Trinajstić information content (AvgIpc) is 2.82. The first-order valence-corrected chi connectivity index (χ1v) is 13.1. The number of fused-ring (bicyclic) bond motifs is 1. The summed E-state index contributed by atoms with van der Waals surface area (Å²) in [5.74, 6) is -1.80. The third-order valence-corrected chi connectivity index (χ3v) is 7.50. The summed E-state index contributed by atoms with van der Waals surface area (Å²) in [6, 6.07) is 4.58. The molecule has 4 rings (SSSR count). The van der Waals surface area contributed by atoms with Crippen LogP contribution in [0.25, 0.3) is 0 Å². The van der Waals surface area contributed by atoms with Gasteiger partial charge in [-0.05, 0) is 73.8 Å². The number of aliphatic carboxylic acids is 1. The molecule has 1 aromatic carbocycles. The molecule has 2 aliphatic rings. The van der Waals surface area contributed by atoms with Crippen LogP contribution in [-0.2, 0) is 36.8 Å². The number of hydrogen-bond donors (Lipinski definition) is 2. The molecule has 1 aromatic heterocycles. The lowest BCUT2D eigenvalue weighted by Gasteiger charge is -2.26. The number of carboxylic acids is 1. The van der Waals surface area contributed by atoms with Crippen molar-refractivity contribution in [3.05, 3.63) is 62.6 Å². The molecule has 37 heavy (non-hydrogen) atoms. The number of nitrogens with zero attached hydrogens (tertiary/aromatic N) is 1. The Morgan fingerprint density at radius 2 is 1.65 bits per heavy atom. The highest BCUT2D eigenvalue weighted by molar-refractivity contribution is 6.04. The SMILES string of the molecule is O=C(O)Cc1ccc(NC(=O)c2cc3c(n(CC4CCCCC4)c2=O)CCCCCC3)c(C(F)(F)F)c1. The largest absolute Gasteiger partial charge is 0.481 e. The van der Waals surface area contributed by atoms with Crippen molar-refractivity contribution >= 4 is 17.6 Å². The van der Waals surface area contributed by atoms with E-state index in [1.807, 2.05) is 0 Å². The fourth-order valence-corrected chi connectivity index (χ4v) is 5.63. The molecular weight excluding hydrogens is 485 g/mol. The Bertz CT molecular complexity index is 1210. The molecule has 6 nitrogen and oxygen atoms in total. The van der Waals surface area contributed by atoms with Crippen molar-refractivity contribution in [3.8, 4) is 0 Å². The Balaban J connectivity index is 1.71. The van der Waals surface area contributed by atoms with Crippen molar-refractivity contribution in [2.24, 2.45) is 5.92 Å². The van der Waals surface area contributed by atoms with E-state index in [9.17, 15) is 27.6 Å². The van der Waals surface area contributed by atoms with Crippen molar-refractivity contribution < 1.29 is 27.9 Å². The summed E-state index contributed by atoms with van der Waals surface area (Å²) >= 11 is 0. The number of carbonyl (C=O) groups is 2. The lowest BCUT2D eigenvalue weighted by atomic mass is 9.88. The maximum atomic E-state index is 13.8. The van der Waals surface area contributed by atoms with Crippen LogP contribution in [0.3, 0.4) is 0 Å². The first kappa shape index (κ1) is 26.9. The van der Waals surface area contributed by atoms with Gasteiger partial charge in [0.1, 0.15) is 5.56 Å². The standard InChI is InChI=1S/C28H33F3N2O4/c29-28(30,31)22-14-19(15-25(34)35)12-13-23(22)32-26(36)21-16-20-10-6-1-2-7-11-24(20)33(27(21)37)17-18-8-4-3-5-9-18/h12-14,16,18H,1-11,15,17H2,(H,32,36)(H,34,35). The predicted molar refractivity (Wildman–Crippen MR) is 134 cm³/mol. The number of aromatic nitrogens is 1. The number of aryl methyl sites for hydroxylation is 1. The summed E-state index contributed by atoms with van der Waals surface area (Å²) in [5.41, 5.74) is -0.413. The molecule has 2 aliphatic carbocycles. The van der Waals surface area contributed by atoms with Gasteiger partial charge in [-0.2, -0.15) is 13.2 Å². The Morgan fingerprint density at radius 3 is 2.32 bits per heavy atom. The Hall–Kier alpha value is -3.10. The molecule has 0 spiro atoms. The number of rotatable bonds is 6. The van der Waals surface area contributed by atoms with E-state index in [4.69, 9.17) is 5.11 Å². The van der Waals surface area contributed by atoms with Crippen molar-refractivity contribution in [3.63, 3.8) is 0 Å². The van der Waals surface area contributed by atoms with Gasteiger partial charge in [-0.3, -0.25) is 14.4 Å². The van der Waals surface area contributed by atoms with Crippen molar-refractivity contribution in [2.75, 3.05) is 5.32 Å². The van der Waals surface area contributed by atoms with Crippen LogP contribution in [0.2, 0.25) is 0 Å². The number of hydrogen-bond acceptors (Lipinski definition) is 3. The lowest BCUT2D eigenvalue weighted by Crippen LogP contribution is -2.35. The second kappa shape index (κ2) is 11.5. The minimum atomic E-state index is -4.82. The van der Waals surface area contributed by atoms with Gasteiger partial charge in [0.15, 0.2) is 0 Å². The summed E-state index contributed by atoms with van der Waals surface area (Å²) in [5, 5.41) is 11.2. The lowest BCUT2D eigenvalue weighted by molar-refractivity contribution is -0.138.